The van der Waals surface area contributed by atoms with Crippen LogP contribution in [0.2, 0.25) is 0 Å². The molecule has 1 aliphatic carbocycles. The van der Waals surface area contributed by atoms with Crippen LogP contribution in [-0.2, 0) is 13.1 Å². The lowest BCUT2D eigenvalue weighted by Crippen LogP contribution is -2.18. The quantitative estimate of drug-likeness (QED) is 0.775. The summed E-state index contributed by atoms with van der Waals surface area (Å²) in [5.74, 6) is 1.24. The van der Waals surface area contributed by atoms with Crippen LogP contribution < -0.4 is 11.1 Å². The van der Waals surface area contributed by atoms with Crippen molar-refractivity contribution in [2.24, 2.45) is 11.7 Å². The van der Waals surface area contributed by atoms with Gasteiger partial charge in [-0.3, -0.25) is 0 Å². The highest BCUT2D eigenvalue weighted by molar-refractivity contribution is 5.85. The van der Waals surface area contributed by atoms with E-state index in [1.165, 1.54) is 17.6 Å². The number of nitrogens with one attached hydrogen (secondary N) is 1. The van der Waals surface area contributed by atoms with Crippen LogP contribution in [0.3, 0.4) is 0 Å². The number of aromatic nitrogens is 1. The molecule has 4 nitrogen and oxygen atoms in total. The van der Waals surface area contributed by atoms with Gasteiger partial charge in [0.05, 0.1) is 12.2 Å². The van der Waals surface area contributed by atoms with Crippen molar-refractivity contribution >= 4 is 30.9 Å². The molecule has 2 aromatic rings. The first kappa shape index (κ1) is 20.7. The third kappa shape index (κ3) is 5.35. The largest absolute Gasteiger partial charge is 0.447 e. The van der Waals surface area contributed by atoms with E-state index in [-0.39, 0.29) is 24.8 Å². The van der Waals surface area contributed by atoms with Crippen molar-refractivity contribution < 1.29 is 4.42 Å². The average Bonchev–Trinajstić information content (AvgIpc) is 3.18. The van der Waals surface area contributed by atoms with Crippen molar-refractivity contribution in [3.8, 4) is 0 Å². The molecule has 3 N–H and O–H groups in total. The van der Waals surface area contributed by atoms with Gasteiger partial charge in [-0.1, -0.05) is 48.9 Å². The second-order valence-corrected chi connectivity index (χ2v) is 5.75. The number of nitrogens with zero attached hydrogens (tertiary/aromatic N) is 1. The van der Waals surface area contributed by atoms with Crippen LogP contribution in [0.4, 0.5) is 0 Å². The Hall–Kier alpha value is -1.33. The molecule has 1 saturated carbocycles. The van der Waals surface area contributed by atoms with Crippen molar-refractivity contribution in [1.82, 2.24) is 10.3 Å². The Morgan fingerprint density at radius 3 is 2.71 bits per heavy atom. The van der Waals surface area contributed by atoms with Crippen molar-refractivity contribution in [2.45, 2.75) is 38.9 Å². The molecule has 3 rings (SSSR count). The molecule has 1 aliphatic rings. The van der Waals surface area contributed by atoms with E-state index in [4.69, 9.17) is 10.2 Å². The second-order valence-electron chi connectivity index (χ2n) is 5.75. The number of nitrogens with two attached hydrogens (primary N) is 1. The highest BCUT2D eigenvalue weighted by Gasteiger charge is 2.38. The Bertz CT molecular complexity index is 643. The maximum absolute atomic E-state index is 5.50. The van der Waals surface area contributed by atoms with E-state index >= 15 is 0 Å². The monoisotopic (exact) mass is 369 g/mol. The summed E-state index contributed by atoms with van der Waals surface area (Å²) in [7, 11) is 0. The van der Waals surface area contributed by atoms with Gasteiger partial charge in [0.15, 0.2) is 0 Å². The van der Waals surface area contributed by atoms with E-state index in [0.29, 0.717) is 24.4 Å². The molecule has 1 heterocycles. The molecule has 0 amide bonds. The Balaban J connectivity index is 0.00000144. The van der Waals surface area contributed by atoms with Crippen LogP contribution in [0.5, 0.6) is 0 Å². The van der Waals surface area contributed by atoms with E-state index < -0.39 is 0 Å². The molecule has 6 heteroatoms. The van der Waals surface area contributed by atoms with E-state index in [0.717, 1.165) is 18.7 Å². The summed E-state index contributed by atoms with van der Waals surface area (Å²) >= 11 is 0. The molecular formula is C18H25Cl2N3O. The fraction of sp³-hybridized carbons (Fsp3) is 0.389. The Morgan fingerprint density at radius 2 is 2.08 bits per heavy atom. The molecule has 0 radical (unpaired) electrons. The minimum atomic E-state index is 0. The Morgan fingerprint density at radius 1 is 1.33 bits per heavy atom. The predicted molar refractivity (Wildman–Crippen MR) is 102 cm³/mol. The minimum absolute atomic E-state index is 0. The first-order chi connectivity index (χ1) is 10.8. The molecule has 0 saturated heterocycles. The molecule has 1 fully saturated rings. The molecule has 2 atom stereocenters. The van der Waals surface area contributed by atoms with E-state index in [2.05, 4.69) is 53.6 Å². The van der Waals surface area contributed by atoms with Gasteiger partial charge in [0.1, 0.15) is 6.26 Å². The summed E-state index contributed by atoms with van der Waals surface area (Å²) in [6, 6.07) is 11.1. The maximum atomic E-state index is 5.50. The van der Waals surface area contributed by atoms with Crippen LogP contribution in [0.15, 0.2) is 46.6 Å². The lowest BCUT2D eigenvalue weighted by Gasteiger charge is -2.05. The zero-order valence-electron chi connectivity index (χ0n) is 13.8. The molecule has 1 aromatic carbocycles. The van der Waals surface area contributed by atoms with Gasteiger partial charge < -0.3 is 15.5 Å². The molecule has 0 aliphatic heterocycles. The smallest absolute Gasteiger partial charge is 0.208 e. The number of halogens is 2. The molecule has 1 aromatic heterocycles. The van der Waals surface area contributed by atoms with Gasteiger partial charge in [-0.2, -0.15) is 0 Å². The standard InChI is InChI=1S/C18H23N3O.2ClH/c1-2-14(8-13-6-4-3-5-7-13)16-9-17(16)20-11-15-12-22-18(10-19)21-15;;/h3-8,12,16-17,20H,2,9-11,19H2,1H3;2*1H/b14-8+;;. The van der Waals surface area contributed by atoms with Crippen molar-refractivity contribution in [2.75, 3.05) is 0 Å². The zero-order chi connectivity index (χ0) is 15.4. The van der Waals surface area contributed by atoms with E-state index in [1.54, 1.807) is 6.26 Å². The van der Waals surface area contributed by atoms with Gasteiger partial charge in [0.25, 0.3) is 0 Å². The first-order valence-corrected chi connectivity index (χ1v) is 7.92. The molecule has 0 bridgehead atoms. The van der Waals surface area contributed by atoms with Gasteiger partial charge in [-0.05, 0) is 24.3 Å². The van der Waals surface area contributed by atoms with E-state index in [9.17, 15) is 0 Å². The second kappa shape index (κ2) is 9.84. The van der Waals surface area contributed by atoms with Crippen LogP contribution in [-0.4, -0.2) is 11.0 Å². The number of oxazole rings is 1. The van der Waals surface area contributed by atoms with Gasteiger partial charge in [0.2, 0.25) is 5.89 Å². The highest BCUT2D eigenvalue weighted by atomic mass is 35.5. The van der Waals surface area contributed by atoms with Gasteiger partial charge in [0, 0.05) is 12.6 Å². The lowest BCUT2D eigenvalue weighted by molar-refractivity contribution is 0.497. The summed E-state index contributed by atoms with van der Waals surface area (Å²) in [6.45, 7) is 3.33. The first-order valence-electron chi connectivity index (χ1n) is 7.92. The maximum Gasteiger partial charge on any atom is 0.208 e. The van der Waals surface area contributed by atoms with Crippen molar-refractivity contribution in [3.63, 3.8) is 0 Å². The van der Waals surface area contributed by atoms with Crippen LogP contribution in [0.25, 0.3) is 6.08 Å². The van der Waals surface area contributed by atoms with Gasteiger partial charge in [-0.15, -0.1) is 24.8 Å². The minimum Gasteiger partial charge on any atom is -0.447 e. The third-order valence-electron chi connectivity index (χ3n) is 4.15. The Kier molecular flexibility index (Phi) is 8.50. The van der Waals surface area contributed by atoms with Crippen molar-refractivity contribution in [3.05, 3.63) is 59.3 Å². The van der Waals surface area contributed by atoms with E-state index in [1.807, 2.05) is 0 Å². The average molecular weight is 370 g/mol. The summed E-state index contributed by atoms with van der Waals surface area (Å²) in [4.78, 5) is 4.32. The van der Waals surface area contributed by atoms with Crippen molar-refractivity contribution in [1.29, 1.82) is 0 Å². The lowest BCUT2D eigenvalue weighted by atomic mass is 10.0. The normalized spacial score (nSPS) is 19.3. The fourth-order valence-electron chi connectivity index (χ4n) is 2.82. The molecule has 0 spiro atoms. The number of rotatable bonds is 7. The third-order valence-corrected chi connectivity index (χ3v) is 4.15. The number of hydrogen-bond acceptors (Lipinski definition) is 4. The molecule has 24 heavy (non-hydrogen) atoms. The van der Waals surface area contributed by atoms with Crippen LogP contribution >= 0.6 is 24.8 Å². The predicted octanol–water partition coefficient (Wildman–Crippen LogP) is 3.95. The molecule has 2 unspecified atom stereocenters. The highest BCUT2D eigenvalue weighted by Crippen LogP contribution is 2.39. The summed E-state index contributed by atoms with van der Waals surface area (Å²) in [5.41, 5.74) is 9.23. The van der Waals surface area contributed by atoms with Gasteiger partial charge >= 0.3 is 0 Å². The summed E-state index contributed by atoms with van der Waals surface area (Å²) in [6.07, 6.45) is 6.31. The summed E-state index contributed by atoms with van der Waals surface area (Å²) < 4.78 is 5.25. The van der Waals surface area contributed by atoms with Crippen LogP contribution in [0, 0.1) is 5.92 Å². The number of hydrogen-bond donors (Lipinski definition) is 2. The van der Waals surface area contributed by atoms with Crippen LogP contribution in [0.1, 0.15) is 36.9 Å². The topological polar surface area (TPSA) is 64.1 Å². The zero-order valence-corrected chi connectivity index (χ0v) is 15.4. The SMILES string of the molecule is CC/C(=C\c1ccccc1)C1CC1NCc1coc(CN)n1.Cl.Cl. The van der Waals surface area contributed by atoms with Gasteiger partial charge in [-0.25, -0.2) is 4.98 Å². The molecule has 132 valence electrons. The summed E-state index contributed by atoms with van der Waals surface area (Å²) in [5, 5.41) is 3.56. The molecular weight excluding hydrogens is 345 g/mol. The fourth-order valence-corrected chi connectivity index (χ4v) is 2.82. The number of benzene rings is 1. The Labute approximate surface area is 155 Å².